The van der Waals surface area contributed by atoms with Crippen molar-refractivity contribution < 1.29 is 4.92 Å². The second-order valence-corrected chi connectivity index (χ2v) is 3.99. The highest BCUT2D eigenvalue weighted by molar-refractivity contribution is 5.49. The van der Waals surface area contributed by atoms with Crippen molar-refractivity contribution in [1.29, 1.82) is 0 Å². The number of nitrogen functional groups attached to an aromatic ring is 1. The molecular formula is C12H14N4O2. The van der Waals surface area contributed by atoms with Gasteiger partial charge in [0.15, 0.2) is 0 Å². The minimum Gasteiger partial charge on any atom is -0.396 e. The van der Waals surface area contributed by atoms with Crippen molar-refractivity contribution in [2.45, 2.75) is 19.8 Å². The number of benzene rings is 1. The maximum absolute atomic E-state index is 10.8. The molecule has 0 amide bonds. The van der Waals surface area contributed by atoms with Crippen LogP contribution in [-0.2, 0) is 6.42 Å². The Bertz CT molecular complexity index is 577. The maximum atomic E-state index is 10.8. The van der Waals surface area contributed by atoms with E-state index in [0.29, 0.717) is 11.4 Å². The average molecular weight is 246 g/mol. The number of nitrogens with two attached hydrogens (primary N) is 1. The molecular weight excluding hydrogens is 232 g/mol. The van der Waals surface area contributed by atoms with Crippen LogP contribution in [0.25, 0.3) is 5.69 Å². The Balaban J connectivity index is 2.48. The van der Waals surface area contributed by atoms with Crippen molar-refractivity contribution in [2.75, 3.05) is 5.73 Å². The summed E-state index contributed by atoms with van der Waals surface area (Å²) in [6.45, 7) is 2.05. The molecule has 94 valence electrons. The van der Waals surface area contributed by atoms with Crippen molar-refractivity contribution in [3.63, 3.8) is 0 Å². The van der Waals surface area contributed by atoms with Gasteiger partial charge in [-0.2, -0.15) is 5.10 Å². The summed E-state index contributed by atoms with van der Waals surface area (Å²) in [6.07, 6.45) is 3.29. The third-order valence-corrected chi connectivity index (χ3v) is 2.67. The molecule has 0 saturated heterocycles. The predicted octanol–water partition coefficient (Wildman–Crippen LogP) is 2.32. The van der Waals surface area contributed by atoms with Crippen molar-refractivity contribution in [1.82, 2.24) is 9.78 Å². The average Bonchev–Trinajstić information content (AvgIpc) is 2.72. The van der Waals surface area contributed by atoms with E-state index < -0.39 is 4.92 Å². The zero-order chi connectivity index (χ0) is 13.1. The van der Waals surface area contributed by atoms with Crippen LogP contribution < -0.4 is 5.73 Å². The molecule has 0 atom stereocenters. The van der Waals surface area contributed by atoms with E-state index in [4.69, 9.17) is 5.73 Å². The van der Waals surface area contributed by atoms with E-state index in [1.54, 1.807) is 23.0 Å². The van der Waals surface area contributed by atoms with Crippen LogP contribution in [0.5, 0.6) is 0 Å². The number of hydrogen-bond acceptors (Lipinski definition) is 4. The summed E-state index contributed by atoms with van der Waals surface area (Å²) in [6, 6.07) is 6.36. The van der Waals surface area contributed by atoms with Gasteiger partial charge >= 0.3 is 0 Å². The van der Waals surface area contributed by atoms with Gasteiger partial charge in [0.1, 0.15) is 0 Å². The first kappa shape index (κ1) is 12.1. The first-order valence-corrected chi connectivity index (χ1v) is 5.70. The Morgan fingerprint density at radius 3 is 2.94 bits per heavy atom. The lowest BCUT2D eigenvalue weighted by atomic mass is 10.2. The summed E-state index contributed by atoms with van der Waals surface area (Å²) in [4.78, 5) is 10.3. The highest BCUT2D eigenvalue weighted by Crippen LogP contribution is 2.21. The lowest BCUT2D eigenvalue weighted by Crippen LogP contribution is -2.04. The molecule has 0 aliphatic rings. The smallest absolute Gasteiger partial charge is 0.271 e. The van der Waals surface area contributed by atoms with E-state index in [2.05, 4.69) is 5.10 Å². The summed E-state index contributed by atoms with van der Waals surface area (Å²) < 4.78 is 1.66. The molecule has 1 aromatic heterocycles. The summed E-state index contributed by atoms with van der Waals surface area (Å²) in [7, 11) is 0. The third kappa shape index (κ3) is 2.17. The molecule has 2 aromatic rings. The maximum Gasteiger partial charge on any atom is 0.271 e. The van der Waals surface area contributed by atoms with Crippen LogP contribution in [0.15, 0.2) is 30.5 Å². The van der Waals surface area contributed by atoms with Gasteiger partial charge in [-0.05, 0) is 12.5 Å². The Kier molecular flexibility index (Phi) is 3.27. The molecule has 1 heterocycles. The number of non-ortho nitro benzene ring substituents is 1. The molecule has 6 nitrogen and oxygen atoms in total. The quantitative estimate of drug-likeness (QED) is 0.662. The highest BCUT2D eigenvalue weighted by atomic mass is 16.6. The van der Waals surface area contributed by atoms with Crippen molar-refractivity contribution in [3.05, 3.63) is 46.3 Å². The van der Waals surface area contributed by atoms with Crippen molar-refractivity contribution in [3.8, 4) is 5.69 Å². The van der Waals surface area contributed by atoms with Gasteiger partial charge < -0.3 is 5.73 Å². The van der Waals surface area contributed by atoms with Gasteiger partial charge in [0.05, 0.1) is 28.2 Å². The van der Waals surface area contributed by atoms with Gasteiger partial charge in [0.25, 0.3) is 5.69 Å². The molecule has 0 radical (unpaired) electrons. The van der Waals surface area contributed by atoms with Gasteiger partial charge in [0.2, 0.25) is 0 Å². The summed E-state index contributed by atoms with van der Waals surface area (Å²) in [5, 5.41) is 14.9. The van der Waals surface area contributed by atoms with E-state index in [1.807, 2.05) is 6.92 Å². The topological polar surface area (TPSA) is 87.0 Å². The molecule has 0 aliphatic heterocycles. The molecule has 2 N–H and O–H groups in total. The SMILES string of the molecule is CCCc1c(N)cnn1-c1cccc([N+](=O)[O-])c1. The summed E-state index contributed by atoms with van der Waals surface area (Å²) in [5.41, 5.74) is 8.05. The molecule has 6 heteroatoms. The number of nitro benzene ring substituents is 1. The number of hydrogen-bond donors (Lipinski definition) is 1. The van der Waals surface area contributed by atoms with Crippen LogP contribution in [0.1, 0.15) is 19.0 Å². The van der Waals surface area contributed by atoms with Crippen LogP contribution in [0, 0.1) is 10.1 Å². The Hall–Kier alpha value is -2.37. The number of rotatable bonds is 4. The third-order valence-electron chi connectivity index (χ3n) is 2.67. The first-order chi connectivity index (χ1) is 8.63. The summed E-state index contributed by atoms with van der Waals surface area (Å²) >= 11 is 0. The van der Waals surface area contributed by atoms with E-state index in [-0.39, 0.29) is 5.69 Å². The van der Waals surface area contributed by atoms with Gasteiger partial charge in [0, 0.05) is 12.1 Å². The van der Waals surface area contributed by atoms with Gasteiger partial charge in [-0.15, -0.1) is 0 Å². The highest BCUT2D eigenvalue weighted by Gasteiger charge is 2.12. The van der Waals surface area contributed by atoms with Crippen molar-refractivity contribution in [2.24, 2.45) is 0 Å². The molecule has 2 rings (SSSR count). The lowest BCUT2D eigenvalue weighted by Gasteiger charge is -2.07. The zero-order valence-corrected chi connectivity index (χ0v) is 10.0. The van der Waals surface area contributed by atoms with Crippen molar-refractivity contribution >= 4 is 11.4 Å². The molecule has 18 heavy (non-hydrogen) atoms. The predicted molar refractivity (Wildman–Crippen MR) is 68.6 cm³/mol. The van der Waals surface area contributed by atoms with Gasteiger partial charge in [-0.25, -0.2) is 4.68 Å². The number of aromatic nitrogens is 2. The largest absolute Gasteiger partial charge is 0.396 e. The van der Waals surface area contributed by atoms with Gasteiger partial charge in [-0.1, -0.05) is 19.4 Å². The van der Waals surface area contributed by atoms with E-state index in [0.717, 1.165) is 18.5 Å². The second-order valence-electron chi connectivity index (χ2n) is 3.99. The molecule has 0 unspecified atom stereocenters. The minimum absolute atomic E-state index is 0.0454. The second kappa shape index (κ2) is 4.87. The van der Waals surface area contributed by atoms with Crippen LogP contribution in [0.2, 0.25) is 0 Å². The Labute approximate surface area is 104 Å². The van der Waals surface area contributed by atoms with E-state index >= 15 is 0 Å². The fourth-order valence-electron chi connectivity index (χ4n) is 1.83. The monoisotopic (exact) mass is 246 g/mol. The molecule has 0 saturated carbocycles. The molecule has 0 aliphatic carbocycles. The number of anilines is 1. The lowest BCUT2D eigenvalue weighted by molar-refractivity contribution is -0.384. The molecule has 1 aromatic carbocycles. The molecule has 0 fully saturated rings. The number of nitrogens with zero attached hydrogens (tertiary/aromatic N) is 3. The fraction of sp³-hybridized carbons (Fsp3) is 0.250. The van der Waals surface area contributed by atoms with Crippen LogP contribution >= 0.6 is 0 Å². The molecule has 0 spiro atoms. The molecule has 0 bridgehead atoms. The minimum atomic E-state index is -0.421. The van der Waals surface area contributed by atoms with Crippen LogP contribution in [0.4, 0.5) is 11.4 Å². The summed E-state index contributed by atoms with van der Waals surface area (Å²) in [5.74, 6) is 0. The Morgan fingerprint density at radius 2 is 2.28 bits per heavy atom. The van der Waals surface area contributed by atoms with Crippen LogP contribution in [-0.4, -0.2) is 14.7 Å². The first-order valence-electron chi connectivity index (χ1n) is 5.70. The van der Waals surface area contributed by atoms with Crippen LogP contribution in [0.3, 0.4) is 0 Å². The van der Waals surface area contributed by atoms with E-state index in [1.165, 1.54) is 12.1 Å². The van der Waals surface area contributed by atoms with E-state index in [9.17, 15) is 10.1 Å². The standard InChI is InChI=1S/C12H14N4O2/c1-2-4-12-11(13)8-14-15(12)9-5-3-6-10(7-9)16(17)18/h3,5-8H,2,4,13H2,1H3. The fourth-order valence-corrected chi connectivity index (χ4v) is 1.83. The number of nitro groups is 1. The normalized spacial score (nSPS) is 10.5. The zero-order valence-electron chi connectivity index (χ0n) is 10.0. The Morgan fingerprint density at radius 1 is 1.50 bits per heavy atom. The van der Waals surface area contributed by atoms with Gasteiger partial charge in [-0.3, -0.25) is 10.1 Å².